The Morgan fingerprint density at radius 3 is 2.71 bits per heavy atom. The van der Waals surface area contributed by atoms with Gasteiger partial charge in [0.05, 0.1) is 6.61 Å². The van der Waals surface area contributed by atoms with Crippen LogP contribution in [-0.4, -0.2) is 22.2 Å². The highest BCUT2D eigenvalue weighted by Gasteiger charge is 2.39. The molecule has 0 bridgehead atoms. The minimum Gasteiger partial charge on any atom is -0.392 e. The number of aliphatic hydroxyl groups excluding tert-OH is 1. The van der Waals surface area contributed by atoms with Crippen LogP contribution in [0.15, 0.2) is 12.4 Å². The molecule has 1 aliphatic carbocycles. The fraction of sp³-hybridized carbons (Fsp3) is 0.692. The SMILES string of the molecule is COC1(c2ncc(CO)cn2)CCCC(C)C1. The van der Waals surface area contributed by atoms with E-state index in [4.69, 9.17) is 9.84 Å². The average Bonchev–Trinajstić information content (AvgIpc) is 2.38. The Bertz CT molecular complexity index is 366. The molecule has 0 amide bonds. The Hall–Kier alpha value is -1.00. The van der Waals surface area contributed by atoms with Crippen LogP contribution in [0, 0.1) is 5.92 Å². The van der Waals surface area contributed by atoms with Gasteiger partial charge in [0, 0.05) is 25.1 Å². The zero-order chi connectivity index (χ0) is 12.3. The average molecular weight is 236 g/mol. The number of methoxy groups -OCH3 is 1. The van der Waals surface area contributed by atoms with Crippen molar-refractivity contribution in [2.75, 3.05) is 7.11 Å². The first-order valence-electron chi connectivity index (χ1n) is 6.17. The van der Waals surface area contributed by atoms with E-state index in [-0.39, 0.29) is 12.2 Å². The molecule has 1 fully saturated rings. The van der Waals surface area contributed by atoms with Crippen molar-refractivity contribution < 1.29 is 9.84 Å². The quantitative estimate of drug-likeness (QED) is 0.872. The molecule has 0 saturated heterocycles. The van der Waals surface area contributed by atoms with Crippen molar-refractivity contribution in [3.63, 3.8) is 0 Å². The van der Waals surface area contributed by atoms with E-state index in [1.54, 1.807) is 19.5 Å². The van der Waals surface area contributed by atoms with Gasteiger partial charge in [-0.3, -0.25) is 0 Å². The molecule has 17 heavy (non-hydrogen) atoms. The van der Waals surface area contributed by atoms with E-state index in [9.17, 15) is 0 Å². The zero-order valence-corrected chi connectivity index (χ0v) is 10.5. The van der Waals surface area contributed by atoms with Crippen molar-refractivity contribution in [1.82, 2.24) is 9.97 Å². The van der Waals surface area contributed by atoms with E-state index in [1.165, 1.54) is 6.42 Å². The molecule has 0 spiro atoms. The van der Waals surface area contributed by atoms with E-state index >= 15 is 0 Å². The molecule has 4 nitrogen and oxygen atoms in total. The summed E-state index contributed by atoms with van der Waals surface area (Å²) in [7, 11) is 1.74. The van der Waals surface area contributed by atoms with Gasteiger partial charge in [-0.2, -0.15) is 0 Å². The lowest BCUT2D eigenvalue weighted by atomic mass is 9.78. The largest absolute Gasteiger partial charge is 0.392 e. The molecule has 0 aliphatic heterocycles. The third-order valence-corrected chi connectivity index (χ3v) is 3.64. The summed E-state index contributed by atoms with van der Waals surface area (Å²) >= 11 is 0. The van der Waals surface area contributed by atoms with Crippen LogP contribution >= 0.6 is 0 Å². The molecule has 1 N–H and O–H groups in total. The van der Waals surface area contributed by atoms with E-state index in [0.717, 1.165) is 30.7 Å². The molecule has 94 valence electrons. The summed E-state index contributed by atoms with van der Waals surface area (Å²) in [6, 6.07) is 0. The highest BCUT2D eigenvalue weighted by molar-refractivity contribution is 5.10. The molecule has 2 atom stereocenters. The van der Waals surface area contributed by atoms with Crippen LogP contribution in [0.2, 0.25) is 0 Å². The molecular formula is C13H20N2O2. The third-order valence-electron chi connectivity index (χ3n) is 3.64. The predicted molar refractivity (Wildman–Crippen MR) is 64.3 cm³/mol. The predicted octanol–water partition coefficient (Wildman–Crippen LogP) is 2.02. The van der Waals surface area contributed by atoms with Crippen LogP contribution < -0.4 is 0 Å². The van der Waals surface area contributed by atoms with Crippen LogP contribution in [0.25, 0.3) is 0 Å². The van der Waals surface area contributed by atoms with Crippen molar-refractivity contribution in [1.29, 1.82) is 0 Å². The summed E-state index contributed by atoms with van der Waals surface area (Å²) in [5.74, 6) is 1.40. The highest BCUT2D eigenvalue weighted by Crippen LogP contribution is 2.40. The standard InChI is InChI=1S/C13H20N2O2/c1-10-4-3-5-13(6-10,17-2)12-14-7-11(9-16)8-15-12/h7-8,10,16H,3-6,9H2,1-2H3. The van der Waals surface area contributed by atoms with Gasteiger partial charge in [0.1, 0.15) is 5.60 Å². The van der Waals surface area contributed by atoms with Gasteiger partial charge in [-0.05, 0) is 25.2 Å². The normalized spacial score (nSPS) is 29.2. The van der Waals surface area contributed by atoms with Crippen molar-refractivity contribution in [2.45, 2.75) is 44.8 Å². The molecule has 2 unspecified atom stereocenters. The number of rotatable bonds is 3. The Labute approximate surface area is 102 Å². The first kappa shape index (κ1) is 12.5. The van der Waals surface area contributed by atoms with Crippen LogP contribution in [0.3, 0.4) is 0 Å². The van der Waals surface area contributed by atoms with Crippen LogP contribution in [0.4, 0.5) is 0 Å². The lowest BCUT2D eigenvalue weighted by Gasteiger charge is -2.37. The first-order chi connectivity index (χ1) is 8.20. The monoisotopic (exact) mass is 236 g/mol. The summed E-state index contributed by atoms with van der Waals surface area (Å²) in [5, 5.41) is 8.99. The summed E-state index contributed by atoms with van der Waals surface area (Å²) in [6.45, 7) is 2.23. The molecule has 1 aliphatic rings. The van der Waals surface area contributed by atoms with E-state index in [0.29, 0.717) is 5.92 Å². The van der Waals surface area contributed by atoms with Gasteiger partial charge >= 0.3 is 0 Å². The molecule has 4 heteroatoms. The number of aliphatic hydroxyl groups is 1. The van der Waals surface area contributed by atoms with Gasteiger partial charge in [-0.15, -0.1) is 0 Å². The van der Waals surface area contributed by atoms with Gasteiger partial charge in [0.25, 0.3) is 0 Å². The molecule has 0 aromatic carbocycles. The van der Waals surface area contributed by atoms with Crippen LogP contribution in [0.1, 0.15) is 44.0 Å². The number of hydrogen-bond donors (Lipinski definition) is 1. The van der Waals surface area contributed by atoms with Crippen LogP contribution in [0.5, 0.6) is 0 Å². The molecule has 2 rings (SSSR count). The Balaban J connectivity index is 2.26. The van der Waals surface area contributed by atoms with Gasteiger partial charge in [-0.25, -0.2) is 9.97 Å². The summed E-state index contributed by atoms with van der Waals surface area (Å²) < 4.78 is 5.72. The van der Waals surface area contributed by atoms with Crippen molar-refractivity contribution in [3.05, 3.63) is 23.8 Å². The van der Waals surface area contributed by atoms with Crippen LogP contribution in [-0.2, 0) is 16.9 Å². The highest BCUT2D eigenvalue weighted by atomic mass is 16.5. The number of nitrogens with zero attached hydrogens (tertiary/aromatic N) is 2. The smallest absolute Gasteiger partial charge is 0.160 e. The molecular weight excluding hydrogens is 216 g/mol. The van der Waals surface area contributed by atoms with E-state index in [1.807, 2.05) is 0 Å². The summed E-state index contributed by atoms with van der Waals surface area (Å²) in [6.07, 6.45) is 7.72. The maximum absolute atomic E-state index is 8.99. The maximum Gasteiger partial charge on any atom is 0.160 e. The lowest BCUT2D eigenvalue weighted by Crippen LogP contribution is -2.36. The Morgan fingerprint density at radius 1 is 1.47 bits per heavy atom. The molecule has 1 aromatic heterocycles. The summed E-state index contributed by atoms with van der Waals surface area (Å²) in [5.41, 5.74) is 0.412. The second kappa shape index (κ2) is 5.10. The van der Waals surface area contributed by atoms with Crippen molar-refractivity contribution >= 4 is 0 Å². The fourth-order valence-corrected chi connectivity index (χ4v) is 2.65. The number of ether oxygens (including phenoxy) is 1. The lowest BCUT2D eigenvalue weighted by molar-refractivity contribution is -0.0647. The van der Waals surface area contributed by atoms with Gasteiger partial charge in [-0.1, -0.05) is 13.3 Å². The minimum absolute atomic E-state index is 0.0172. The third kappa shape index (κ3) is 2.48. The Morgan fingerprint density at radius 2 is 2.18 bits per heavy atom. The van der Waals surface area contributed by atoms with Gasteiger partial charge in [0.2, 0.25) is 0 Å². The van der Waals surface area contributed by atoms with Crippen molar-refractivity contribution in [2.24, 2.45) is 5.92 Å². The molecule has 0 radical (unpaired) electrons. The number of hydrogen-bond acceptors (Lipinski definition) is 4. The Kier molecular flexibility index (Phi) is 3.74. The second-order valence-electron chi connectivity index (χ2n) is 4.97. The van der Waals surface area contributed by atoms with Gasteiger partial charge < -0.3 is 9.84 Å². The fourth-order valence-electron chi connectivity index (χ4n) is 2.65. The van der Waals surface area contributed by atoms with Gasteiger partial charge in [0.15, 0.2) is 5.82 Å². The first-order valence-corrected chi connectivity index (χ1v) is 6.17. The maximum atomic E-state index is 8.99. The van der Waals surface area contributed by atoms with E-state index in [2.05, 4.69) is 16.9 Å². The topological polar surface area (TPSA) is 55.2 Å². The van der Waals surface area contributed by atoms with Crippen molar-refractivity contribution in [3.8, 4) is 0 Å². The molecule has 1 saturated carbocycles. The zero-order valence-electron chi connectivity index (χ0n) is 10.5. The summed E-state index contributed by atoms with van der Waals surface area (Å²) in [4.78, 5) is 8.71. The van der Waals surface area contributed by atoms with E-state index < -0.39 is 0 Å². The molecule has 1 heterocycles. The second-order valence-corrected chi connectivity index (χ2v) is 4.97. The molecule has 1 aromatic rings. The number of aromatic nitrogens is 2. The minimum atomic E-state index is -0.328.